The molecule has 0 fully saturated rings. The van der Waals surface area contributed by atoms with E-state index in [0.29, 0.717) is 17.3 Å². The van der Waals surface area contributed by atoms with Crippen molar-refractivity contribution in [3.8, 4) is 11.3 Å². The molecule has 0 bridgehead atoms. The number of hydrogen-bond donors (Lipinski definition) is 1. The molecule has 0 saturated carbocycles. The summed E-state index contributed by atoms with van der Waals surface area (Å²) >= 11 is 0. The lowest BCUT2D eigenvalue weighted by atomic mass is 10.1. The second kappa shape index (κ2) is 4.97. The van der Waals surface area contributed by atoms with Crippen LogP contribution >= 0.6 is 0 Å². The van der Waals surface area contributed by atoms with Crippen LogP contribution in [0.4, 0.5) is 0 Å². The molecular formula is C13H14N5O2S-. The Bertz CT molecular complexity index is 880. The summed E-state index contributed by atoms with van der Waals surface area (Å²) in [5.41, 5.74) is 2.26. The fraction of sp³-hybridized carbons (Fsp3) is 0.231. The lowest BCUT2D eigenvalue weighted by Crippen LogP contribution is -2.21. The van der Waals surface area contributed by atoms with E-state index < -0.39 is 10.0 Å². The van der Waals surface area contributed by atoms with Gasteiger partial charge in [0.05, 0.1) is 12.0 Å². The number of nitrogens with one attached hydrogen (secondary N) is 1. The number of aromatic nitrogens is 4. The van der Waals surface area contributed by atoms with Gasteiger partial charge < -0.3 is 19.6 Å². The number of fused-ring (bicyclic) bond motifs is 1. The van der Waals surface area contributed by atoms with Gasteiger partial charge in [-0.05, 0) is 12.5 Å². The third-order valence-electron chi connectivity index (χ3n) is 2.97. The van der Waals surface area contributed by atoms with Gasteiger partial charge in [0.2, 0.25) is 10.0 Å². The molecule has 2 aromatic heterocycles. The quantitative estimate of drug-likeness (QED) is 0.766. The van der Waals surface area contributed by atoms with Crippen LogP contribution in [0.25, 0.3) is 17.0 Å². The molecule has 1 aromatic carbocycles. The minimum Gasteiger partial charge on any atom is -0.324 e. The van der Waals surface area contributed by atoms with Gasteiger partial charge in [-0.3, -0.25) is 0 Å². The van der Waals surface area contributed by atoms with Gasteiger partial charge in [0.25, 0.3) is 0 Å². The molecule has 0 aliphatic rings. The highest BCUT2D eigenvalue weighted by Gasteiger charge is 2.11. The monoisotopic (exact) mass is 304 g/mol. The van der Waals surface area contributed by atoms with E-state index in [0.717, 1.165) is 17.5 Å². The summed E-state index contributed by atoms with van der Waals surface area (Å²) < 4.78 is 26.7. The highest BCUT2D eigenvalue weighted by atomic mass is 32.2. The van der Waals surface area contributed by atoms with Crippen LogP contribution < -0.4 is 9.71 Å². The predicted molar refractivity (Wildman–Crippen MR) is 78.2 cm³/mol. The van der Waals surface area contributed by atoms with Gasteiger partial charge in [0, 0.05) is 23.8 Å². The zero-order chi connectivity index (χ0) is 15.0. The Morgan fingerprint density at radius 2 is 2.00 bits per heavy atom. The molecule has 2 heterocycles. The smallest absolute Gasteiger partial charge is 0.209 e. The maximum absolute atomic E-state index is 11.3. The summed E-state index contributed by atoms with van der Waals surface area (Å²) in [5, 5.41) is 4.32. The number of hydrogen-bond acceptors (Lipinski definition) is 4. The summed E-state index contributed by atoms with van der Waals surface area (Å²) in [6.07, 6.45) is 1.12. The summed E-state index contributed by atoms with van der Waals surface area (Å²) in [6.45, 7) is 1.89. The van der Waals surface area contributed by atoms with Crippen LogP contribution in [0.2, 0.25) is 0 Å². The first-order chi connectivity index (χ1) is 9.94. The minimum absolute atomic E-state index is 0.104. The van der Waals surface area contributed by atoms with Crippen molar-refractivity contribution in [2.75, 3.05) is 6.26 Å². The number of benzene rings is 1. The number of aryl methyl sites for hydroxylation is 1. The van der Waals surface area contributed by atoms with E-state index in [4.69, 9.17) is 0 Å². The van der Waals surface area contributed by atoms with Gasteiger partial charge in [0.1, 0.15) is 0 Å². The zero-order valence-electron chi connectivity index (χ0n) is 11.6. The van der Waals surface area contributed by atoms with Crippen molar-refractivity contribution in [2.45, 2.75) is 13.5 Å². The highest BCUT2D eigenvalue weighted by Crippen LogP contribution is 2.24. The van der Waals surface area contributed by atoms with Gasteiger partial charge in [-0.1, -0.05) is 30.3 Å². The van der Waals surface area contributed by atoms with E-state index in [-0.39, 0.29) is 6.54 Å². The Morgan fingerprint density at radius 3 is 2.67 bits per heavy atom. The Kier molecular flexibility index (Phi) is 3.26. The molecule has 0 atom stereocenters. The van der Waals surface area contributed by atoms with E-state index in [9.17, 15) is 8.42 Å². The third kappa shape index (κ3) is 2.81. The standard InChI is InChI=1S/C13H14N5O2S/c1-9-15-13-16-11(8-14-21(2,19)20)12(18(13)17-9)10-6-4-3-5-7-10/h3-7,14H,8H2,1-2H3/q-1. The average molecular weight is 304 g/mol. The number of nitrogens with zero attached hydrogens (tertiary/aromatic N) is 4. The van der Waals surface area contributed by atoms with Crippen molar-refractivity contribution in [3.05, 3.63) is 41.9 Å². The third-order valence-corrected chi connectivity index (χ3v) is 3.63. The molecule has 8 heteroatoms. The molecule has 0 amide bonds. The Balaban J connectivity index is 2.13. The first kappa shape index (κ1) is 13.8. The van der Waals surface area contributed by atoms with Crippen molar-refractivity contribution in [3.63, 3.8) is 0 Å². The molecular weight excluding hydrogens is 290 g/mol. The summed E-state index contributed by atoms with van der Waals surface area (Å²) in [4.78, 5) is 8.60. The van der Waals surface area contributed by atoms with Crippen molar-refractivity contribution in [2.24, 2.45) is 0 Å². The lowest BCUT2D eigenvalue weighted by Gasteiger charge is -2.08. The second-order valence-corrected chi connectivity index (χ2v) is 6.57. The minimum atomic E-state index is -3.29. The Hall–Kier alpha value is -2.19. The number of rotatable bonds is 4. The average Bonchev–Trinajstić information content (AvgIpc) is 2.92. The molecule has 3 aromatic rings. The van der Waals surface area contributed by atoms with Gasteiger partial charge in [-0.25, -0.2) is 13.1 Å². The van der Waals surface area contributed by atoms with Crippen LogP contribution in [0.15, 0.2) is 30.3 Å². The molecule has 0 aliphatic carbocycles. The fourth-order valence-electron chi connectivity index (χ4n) is 2.13. The molecule has 0 unspecified atom stereocenters. The number of imidazole rings is 1. The van der Waals surface area contributed by atoms with E-state index >= 15 is 0 Å². The van der Waals surface area contributed by atoms with Crippen molar-refractivity contribution >= 4 is 15.8 Å². The largest absolute Gasteiger partial charge is 0.324 e. The molecule has 1 N–H and O–H groups in total. The lowest BCUT2D eigenvalue weighted by molar-refractivity contribution is 0.587. The Labute approximate surface area is 122 Å². The summed E-state index contributed by atoms with van der Waals surface area (Å²) in [6, 6.07) is 9.59. The molecule has 21 heavy (non-hydrogen) atoms. The van der Waals surface area contributed by atoms with Crippen molar-refractivity contribution in [1.29, 1.82) is 0 Å². The SMILES string of the molecule is Cc1nn2c(-c3ccccc3)c(CNS(C)(=O)=O)nc2[n-]1. The van der Waals surface area contributed by atoms with Crippen LogP contribution in [0.5, 0.6) is 0 Å². The molecule has 3 rings (SSSR count). The maximum atomic E-state index is 11.3. The normalized spacial score (nSPS) is 12.1. The van der Waals surface area contributed by atoms with Crippen LogP contribution in [0.3, 0.4) is 0 Å². The molecule has 0 aliphatic heterocycles. The van der Waals surface area contributed by atoms with E-state index in [1.165, 1.54) is 0 Å². The van der Waals surface area contributed by atoms with Crippen LogP contribution in [0, 0.1) is 6.92 Å². The van der Waals surface area contributed by atoms with E-state index in [1.54, 1.807) is 11.4 Å². The topological polar surface area (TPSA) is 90.5 Å². The van der Waals surface area contributed by atoms with Gasteiger partial charge in [-0.15, -0.1) is 0 Å². The van der Waals surface area contributed by atoms with E-state index in [1.807, 2.05) is 30.3 Å². The van der Waals surface area contributed by atoms with Gasteiger partial charge in [0.15, 0.2) is 0 Å². The van der Waals surface area contributed by atoms with Crippen LogP contribution in [-0.2, 0) is 16.6 Å². The van der Waals surface area contributed by atoms with Crippen LogP contribution in [-0.4, -0.2) is 29.3 Å². The highest BCUT2D eigenvalue weighted by molar-refractivity contribution is 7.88. The number of sulfonamides is 1. The van der Waals surface area contributed by atoms with Gasteiger partial charge in [-0.2, -0.15) is 0 Å². The zero-order valence-corrected chi connectivity index (χ0v) is 12.4. The van der Waals surface area contributed by atoms with E-state index in [2.05, 4.69) is 19.8 Å². The first-order valence-electron chi connectivity index (χ1n) is 6.33. The van der Waals surface area contributed by atoms with Crippen LogP contribution in [0.1, 0.15) is 11.5 Å². The molecule has 110 valence electrons. The predicted octanol–water partition coefficient (Wildman–Crippen LogP) is 0.711. The second-order valence-electron chi connectivity index (χ2n) is 4.74. The summed E-state index contributed by atoms with van der Waals surface area (Å²) in [5.74, 6) is 1.09. The van der Waals surface area contributed by atoms with Gasteiger partial charge >= 0.3 is 0 Å². The molecule has 7 nitrogen and oxygen atoms in total. The fourth-order valence-corrected chi connectivity index (χ4v) is 2.53. The Morgan fingerprint density at radius 1 is 1.29 bits per heavy atom. The van der Waals surface area contributed by atoms with Crippen molar-refractivity contribution < 1.29 is 8.42 Å². The molecule has 0 spiro atoms. The molecule has 0 radical (unpaired) electrons. The first-order valence-corrected chi connectivity index (χ1v) is 8.22. The molecule has 0 saturated heterocycles. The summed E-state index contributed by atoms with van der Waals surface area (Å²) in [7, 11) is -3.29. The maximum Gasteiger partial charge on any atom is 0.209 e. The van der Waals surface area contributed by atoms with Crippen molar-refractivity contribution in [1.82, 2.24) is 24.3 Å².